The summed E-state index contributed by atoms with van der Waals surface area (Å²) in [5.41, 5.74) is 1.48. The average Bonchev–Trinajstić information content (AvgIpc) is 2.62. The first-order valence-corrected chi connectivity index (χ1v) is 8.07. The van der Waals surface area contributed by atoms with Crippen LogP contribution in [-0.4, -0.2) is 38.0 Å². The van der Waals surface area contributed by atoms with Crippen LogP contribution in [-0.2, 0) is 14.3 Å². The SMILES string of the molecule is COC(=O)c1ccc(NC(=O)CN2CC(=O)Oc3ccc(Cl)cc32)cc1. The summed E-state index contributed by atoms with van der Waals surface area (Å²) < 4.78 is 9.77. The van der Waals surface area contributed by atoms with Crippen LogP contribution in [0.25, 0.3) is 0 Å². The van der Waals surface area contributed by atoms with Crippen LogP contribution in [0.15, 0.2) is 42.5 Å². The van der Waals surface area contributed by atoms with Crippen LogP contribution in [0.1, 0.15) is 10.4 Å². The molecule has 3 rings (SSSR count). The lowest BCUT2D eigenvalue weighted by atomic mass is 10.2. The van der Waals surface area contributed by atoms with Crippen LogP contribution in [0.2, 0.25) is 5.02 Å². The van der Waals surface area contributed by atoms with Gasteiger partial charge in [0.2, 0.25) is 5.91 Å². The molecule has 0 fully saturated rings. The number of amides is 1. The summed E-state index contributed by atoms with van der Waals surface area (Å²) in [5.74, 6) is -0.865. The molecule has 2 aromatic rings. The third-order valence-corrected chi connectivity index (χ3v) is 3.96. The lowest BCUT2D eigenvalue weighted by molar-refractivity contribution is -0.133. The Morgan fingerprint density at radius 3 is 2.65 bits per heavy atom. The van der Waals surface area contributed by atoms with Gasteiger partial charge in [0.15, 0.2) is 5.75 Å². The minimum atomic E-state index is -0.455. The fourth-order valence-corrected chi connectivity index (χ4v) is 2.71. The second kappa shape index (κ2) is 7.45. The molecule has 2 aromatic carbocycles. The van der Waals surface area contributed by atoms with Crippen molar-refractivity contribution >= 4 is 40.8 Å². The Hall–Kier alpha value is -3.06. The van der Waals surface area contributed by atoms with Gasteiger partial charge in [0.25, 0.3) is 0 Å². The predicted molar refractivity (Wildman–Crippen MR) is 95.7 cm³/mol. The van der Waals surface area contributed by atoms with E-state index in [0.717, 1.165) is 0 Å². The van der Waals surface area contributed by atoms with Gasteiger partial charge >= 0.3 is 11.9 Å². The largest absolute Gasteiger partial charge is 0.465 e. The summed E-state index contributed by atoms with van der Waals surface area (Å²) in [6.45, 7) is -0.108. The lowest BCUT2D eigenvalue weighted by Crippen LogP contribution is -2.41. The molecule has 0 unspecified atom stereocenters. The number of esters is 2. The van der Waals surface area contributed by atoms with E-state index in [2.05, 4.69) is 10.1 Å². The number of rotatable bonds is 4. The van der Waals surface area contributed by atoms with E-state index in [1.54, 1.807) is 47.4 Å². The van der Waals surface area contributed by atoms with Gasteiger partial charge in [0.05, 0.1) is 24.9 Å². The minimum absolute atomic E-state index is 0.0535. The molecule has 1 N–H and O–H groups in total. The van der Waals surface area contributed by atoms with Crippen LogP contribution in [0, 0.1) is 0 Å². The molecular weight excluding hydrogens is 360 g/mol. The molecule has 1 heterocycles. The maximum absolute atomic E-state index is 12.3. The molecule has 0 aliphatic carbocycles. The molecule has 7 nitrogen and oxygen atoms in total. The highest BCUT2D eigenvalue weighted by Gasteiger charge is 2.26. The first-order chi connectivity index (χ1) is 12.5. The molecule has 0 saturated heterocycles. The summed E-state index contributed by atoms with van der Waals surface area (Å²) in [4.78, 5) is 37.0. The smallest absolute Gasteiger partial charge is 0.337 e. The van der Waals surface area contributed by atoms with E-state index in [9.17, 15) is 14.4 Å². The van der Waals surface area contributed by atoms with Gasteiger partial charge in [0, 0.05) is 10.7 Å². The summed E-state index contributed by atoms with van der Waals surface area (Å²) >= 11 is 5.99. The molecule has 0 aromatic heterocycles. The van der Waals surface area contributed by atoms with Gasteiger partial charge in [-0.1, -0.05) is 11.6 Å². The fraction of sp³-hybridized carbons (Fsp3) is 0.167. The van der Waals surface area contributed by atoms with E-state index in [1.807, 2.05) is 0 Å². The zero-order valence-corrected chi connectivity index (χ0v) is 14.6. The van der Waals surface area contributed by atoms with Crippen molar-refractivity contribution < 1.29 is 23.9 Å². The summed E-state index contributed by atoms with van der Waals surface area (Å²) in [7, 11) is 1.30. The first kappa shape index (κ1) is 17.8. The number of nitrogens with zero attached hydrogens (tertiary/aromatic N) is 1. The van der Waals surface area contributed by atoms with Crippen molar-refractivity contribution in [3.05, 3.63) is 53.1 Å². The number of anilines is 2. The van der Waals surface area contributed by atoms with Crippen molar-refractivity contribution in [3.8, 4) is 5.75 Å². The normalized spacial score (nSPS) is 12.8. The van der Waals surface area contributed by atoms with Crippen molar-refractivity contribution in [1.29, 1.82) is 0 Å². The van der Waals surface area contributed by atoms with Crippen LogP contribution in [0.5, 0.6) is 5.75 Å². The molecule has 1 aliphatic rings. The number of hydrogen-bond donors (Lipinski definition) is 1. The Bertz CT molecular complexity index is 866. The molecule has 0 bridgehead atoms. The Kier molecular flexibility index (Phi) is 5.09. The number of hydrogen-bond acceptors (Lipinski definition) is 6. The molecule has 1 aliphatic heterocycles. The van der Waals surface area contributed by atoms with Gasteiger partial charge in [-0.2, -0.15) is 0 Å². The van der Waals surface area contributed by atoms with Crippen LogP contribution >= 0.6 is 11.6 Å². The van der Waals surface area contributed by atoms with Gasteiger partial charge in [0.1, 0.15) is 6.54 Å². The molecule has 1 amide bonds. The van der Waals surface area contributed by atoms with Crippen LogP contribution < -0.4 is 15.0 Å². The molecule has 0 radical (unpaired) electrons. The number of fused-ring (bicyclic) bond motifs is 1. The lowest BCUT2D eigenvalue weighted by Gasteiger charge is -2.29. The first-order valence-electron chi connectivity index (χ1n) is 7.69. The molecule has 8 heteroatoms. The number of carbonyl (C=O) groups is 3. The second-order valence-corrected chi connectivity index (χ2v) is 6.00. The number of nitrogens with one attached hydrogen (secondary N) is 1. The van der Waals surface area contributed by atoms with Gasteiger partial charge in [-0.05, 0) is 42.5 Å². The highest BCUT2D eigenvalue weighted by Crippen LogP contribution is 2.34. The Labute approximate surface area is 154 Å². The number of ether oxygens (including phenoxy) is 2. The monoisotopic (exact) mass is 374 g/mol. The maximum atomic E-state index is 12.3. The standard InChI is InChI=1S/C18H15ClN2O5/c1-25-18(24)11-2-5-13(6-3-11)20-16(22)9-21-10-17(23)26-15-7-4-12(19)8-14(15)21/h2-8H,9-10H2,1H3,(H,20,22). The van der Waals surface area contributed by atoms with E-state index >= 15 is 0 Å². The van der Waals surface area contributed by atoms with Gasteiger partial charge in [-0.15, -0.1) is 0 Å². The van der Waals surface area contributed by atoms with Crippen molar-refractivity contribution in [2.45, 2.75) is 0 Å². The van der Waals surface area contributed by atoms with Crippen molar-refractivity contribution in [2.24, 2.45) is 0 Å². The number of methoxy groups -OCH3 is 1. The number of benzene rings is 2. The predicted octanol–water partition coefficient (Wildman–Crippen LogP) is 2.49. The third-order valence-electron chi connectivity index (χ3n) is 3.73. The average molecular weight is 375 g/mol. The quantitative estimate of drug-likeness (QED) is 0.653. The Balaban J connectivity index is 1.69. The maximum Gasteiger partial charge on any atom is 0.337 e. The Morgan fingerprint density at radius 1 is 1.23 bits per heavy atom. The fourth-order valence-electron chi connectivity index (χ4n) is 2.54. The summed E-state index contributed by atoms with van der Waals surface area (Å²) in [5, 5.41) is 3.19. The Morgan fingerprint density at radius 2 is 1.96 bits per heavy atom. The summed E-state index contributed by atoms with van der Waals surface area (Å²) in [6.07, 6.45) is 0. The van der Waals surface area contributed by atoms with Crippen molar-refractivity contribution in [2.75, 3.05) is 30.4 Å². The number of halogens is 1. The van der Waals surface area contributed by atoms with Crippen LogP contribution in [0.4, 0.5) is 11.4 Å². The number of carbonyl (C=O) groups excluding carboxylic acids is 3. The molecule has 0 spiro atoms. The van der Waals surface area contributed by atoms with E-state index in [4.69, 9.17) is 16.3 Å². The van der Waals surface area contributed by atoms with Gasteiger partial charge in [-0.3, -0.25) is 4.79 Å². The van der Waals surface area contributed by atoms with E-state index < -0.39 is 11.9 Å². The zero-order valence-electron chi connectivity index (χ0n) is 13.8. The van der Waals surface area contributed by atoms with E-state index in [-0.39, 0.29) is 19.0 Å². The molecule has 134 valence electrons. The van der Waals surface area contributed by atoms with E-state index in [1.165, 1.54) is 7.11 Å². The van der Waals surface area contributed by atoms with E-state index in [0.29, 0.717) is 27.7 Å². The minimum Gasteiger partial charge on any atom is -0.465 e. The van der Waals surface area contributed by atoms with Crippen molar-refractivity contribution in [1.82, 2.24) is 0 Å². The molecular formula is C18H15ClN2O5. The zero-order chi connectivity index (χ0) is 18.7. The van der Waals surface area contributed by atoms with Crippen molar-refractivity contribution in [3.63, 3.8) is 0 Å². The molecule has 0 saturated carbocycles. The highest BCUT2D eigenvalue weighted by atomic mass is 35.5. The highest BCUT2D eigenvalue weighted by molar-refractivity contribution is 6.31. The molecule has 26 heavy (non-hydrogen) atoms. The van der Waals surface area contributed by atoms with Crippen LogP contribution in [0.3, 0.4) is 0 Å². The van der Waals surface area contributed by atoms with Gasteiger partial charge < -0.3 is 19.7 Å². The molecule has 0 atom stereocenters. The third kappa shape index (κ3) is 3.94. The van der Waals surface area contributed by atoms with Gasteiger partial charge in [-0.25, -0.2) is 9.59 Å². The topological polar surface area (TPSA) is 84.9 Å². The summed E-state index contributed by atoms with van der Waals surface area (Å²) in [6, 6.07) is 11.1. The second-order valence-electron chi connectivity index (χ2n) is 5.56.